The highest BCUT2D eigenvalue weighted by Crippen LogP contribution is 2.64. The van der Waals surface area contributed by atoms with Crippen molar-refractivity contribution < 1.29 is 4.42 Å². The summed E-state index contributed by atoms with van der Waals surface area (Å²) >= 11 is 0. The number of benzene rings is 7. The fourth-order valence-electron chi connectivity index (χ4n) is 9.24. The number of hydrogen-bond acceptors (Lipinski definition) is 3. The third kappa shape index (κ3) is 3.30. The van der Waals surface area contributed by atoms with Crippen molar-refractivity contribution in [1.29, 1.82) is 0 Å². The summed E-state index contributed by atoms with van der Waals surface area (Å²) in [4.78, 5) is 10.6. The second-order valence-corrected chi connectivity index (χ2v) is 13.6. The molecule has 4 heteroatoms. The molecule has 12 rings (SSSR count). The molecular weight excluding hydrogens is 623 g/mol. The number of para-hydroxylation sites is 2. The van der Waals surface area contributed by atoms with Gasteiger partial charge in [0.25, 0.3) is 0 Å². The molecule has 0 fully saturated rings. The fourth-order valence-corrected chi connectivity index (χ4v) is 9.24. The van der Waals surface area contributed by atoms with Gasteiger partial charge in [-0.25, -0.2) is 9.97 Å². The van der Waals surface area contributed by atoms with E-state index in [1.54, 1.807) is 0 Å². The van der Waals surface area contributed by atoms with Crippen molar-refractivity contribution in [2.75, 3.05) is 0 Å². The fraction of sp³-hybridized carbons (Fsp3) is 0.0213. The maximum Gasteiger partial charge on any atom is 0.235 e. The third-order valence-corrected chi connectivity index (χ3v) is 11.2. The van der Waals surface area contributed by atoms with Gasteiger partial charge in [0.15, 0.2) is 5.58 Å². The molecule has 0 bridgehead atoms. The lowest BCUT2D eigenvalue weighted by Crippen LogP contribution is -2.25. The zero-order chi connectivity index (χ0) is 33.3. The Kier molecular flexibility index (Phi) is 5.14. The molecule has 4 nitrogen and oxygen atoms in total. The molecule has 0 unspecified atom stereocenters. The second-order valence-electron chi connectivity index (χ2n) is 13.6. The van der Waals surface area contributed by atoms with Gasteiger partial charge in [-0.1, -0.05) is 146 Å². The van der Waals surface area contributed by atoms with Crippen molar-refractivity contribution >= 4 is 43.7 Å². The van der Waals surface area contributed by atoms with E-state index in [2.05, 4.69) is 156 Å². The van der Waals surface area contributed by atoms with Crippen LogP contribution in [0.15, 0.2) is 168 Å². The molecule has 3 aromatic heterocycles. The molecule has 0 saturated heterocycles. The molecule has 3 heterocycles. The average Bonchev–Trinajstić information content (AvgIpc) is 3.91. The highest BCUT2D eigenvalue weighted by molar-refractivity contribution is 6.20. The minimum absolute atomic E-state index is 0.568. The molecule has 51 heavy (non-hydrogen) atoms. The number of hydrogen-bond donors (Lipinski definition) is 0. The lowest BCUT2D eigenvalue weighted by Gasteiger charge is -2.28. The van der Waals surface area contributed by atoms with E-state index in [0.29, 0.717) is 5.95 Å². The Morgan fingerprint density at radius 2 is 1.06 bits per heavy atom. The molecule has 2 aliphatic carbocycles. The lowest BCUT2D eigenvalue weighted by molar-refractivity contribution is 0.508. The Bertz CT molecular complexity index is 3050. The normalized spacial score (nSPS) is 13.6. The van der Waals surface area contributed by atoms with E-state index in [-0.39, 0.29) is 0 Å². The number of rotatable bonds is 2. The van der Waals surface area contributed by atoms with Crippen LogP contribution in [0.25, 0.3) is 83.1 Å². The van der Waals surface area contributed by atoms with Gasteiger partial charge in [0.1, 0.15) is 16.7 Å². The van der Waals surface area contributed by atoms with Gasteiger partial charge in [0.05, 0.1) is 16.7 Å². The minimum atomic E-state index is -0.568. The predicted octanol–water partition coefficient (Wildman–Crippen LogP) is 11.5. The molecule has 0 N–H and O–H groups in total. The highest BCUT2D eigenvalue weighted by atomic mass is 16.3. The van der Waals surface area contributed by atoms with E-state index >= 15 is 0 Å². The number of nitrogens with zero attached hydrogens (tertiary/aromatic N) is 3. The van der Waals surface area contributed by atoms with E-state index in [4.69, 9.17) is 14.4 Å². The maximum atomic E-state index is 7.48. The summed E-state index contributed by atoms with van der Waals surface area (Å²) in [6.07, 6.45) is 0. The van der Waals surface area contributed by atoms with Gasteiger partial charge in [-0.3, -0.25) is 4.57 Å². The molecule has 236 valence electrons. The lowest BCUT2D eigenvalue weighted by atomic mass is 9.73. The van der Waals surface area contributed by atoms with Gasteiger partial charge >= 0.3 is 0 Å². The van der Waals surface area contributed by atoms with Crippen LogP contribution in [-0.4, -0.2) is 14.5 Å². The molecule has 7 aromatic carbocycles. The first kappa shape index (κ1) is 27.1. The minimum Gasteiger partial charge on any atom is -0.456 e. The van der Waals surface area contributed by atoms with Crippen LogP contribution in [0.1, 0.15) is 22.5 Å². The van der Waals surface area contributed by atoms with Crippen molar-refractivity contribution in [3.05, 3.63) is 186 Å². The standard InChI is InChI=1S/C47H27N3O/c1-2-14-28(15-3-1)42-34-20-7-12-24-39(34)48-46(49-42)50-40-25-13-8-18-31(40)32-26-27-35-41-33-19-6-11-23-38(33)47(45(41)51-44(35)43(32)50)36-21-9-4-16-29(36)30-17-5-10-22-37(30)47/h1-27H. The van der Waals surface area contributed by atoms with E-state index < -0.39 is 5.41 Å². The SMILES string of the molecule is c1ccc(-c2nc(-n3c4ccccc4c4ccc5c6c(oc5c43)C3(c4ccccc4-c4ccccc43)c3ccccc3-6)nc3ccccc23)cc1. The zero-order valence-electron chi connectivity index (χ0n) is 27.3. The number of furan rings is 1. The van der Waals surface area contributed by atoms with E-state index in [1.807, 2.05) is 12.1 Å². The van der Waals surface area contributed by atoms with Crippen LogP contribution in [-0.2, 0) is 5.41 Å². The van der Waals surface area contributed by atoms with E-state index in [9.17, 15) is 0 Å². The quantitative estimate of drug-likeness (QED) is 0.187. The largest absolute Gasteiger partial charge is 0.456 e. The van der Waals surface area contributed by atoms with E-state index in [0.717, 1.165) is 66.3 Å². The summed E-state index contributed by atoms with van der Waals surface area (Å²) in [5, 5.41) is 4.36. The van der Waals surface area contributed by atoms with Crippen molar-refractivity contribution in [1.82, 2.24) is 14.5 Å². The summed E-state index contributed by atoms with van der Waals surface area (Å²) in [5.41, 5.74) is 13.8. The molecule has 0 radical (unpaired) electrons. The van der Waals surface area contributed by atoms with Gasteiger partial charge in [-0.2, -0.15) is 0 Å². The van der Waals surface area contributed by atoms with Crippen molar-refractivity contribution in [2.24, 2.45) is 0 Å². The summed E-state index contributed by atoms with van der Waals surface area (Å²) in [6, 6.07) is 58.3. The molecule has 0 saturated carbocycles. The smallest absolute Gasteiger partial charge is 0.235 e. The predicted molar refractivity (Wildman–Crippen MR) is 205 cm³/mol. The monoisotopic (exact) mass is 649 g/mol. The number of fused-ring (bicyclic) bond motifs is 17. The Hall–Kier alpha value is -6.78. The van der Waals surface area contributed by atoms with Crippen LogP contribution >= 0.6 is 0 Å². The summed E-state index contributed by atoms with van der Waals surface area (Å²) < 4.78 is 9.70. The Balaban J connectivity index is 1.24. The van der Waals surface area contributed by atoms with Crippen LogP contribution in [0.3, 0.4) is 0 Å². The zero-order valence-corrected chi connectivity index (χ0v) is 27.3. The molecule has 0 atom stereocenters. The first-order chi connectivity index (χ1) is 25.3. The first-order valence-electron chi connectivity index (χ1n) is 17.4. The molecule has 2 aliphatic rings. The maximum absolute atomic E-state index is 7.48. The van der Waals surface area contributed by atoms with Gasteiger partial charge < -0.3 is 4.42 Å². The van der Waals surface area contributed by atoms with Crippen LogP contribution in [0, 0.1) is 0 Å². The van der Waals surface area contributed by atoms with Crippen molar-refractivity contribution in [3.8, 4) is 39.5 Å². The van der Waals surface area contributed by atoms with Crippen LogP contribution < -0.4 is 0 Å². The first-order valence-corrected chi connectivity index (χ1v) is 17.4. The molecule has 1 spiro atoms. The number of aromatic nitrogens is 3. The summed E-state index contributed by atoms with van der Waals surface area (Å²) in [7, 11) is 0. The molecule has 0 amide bonds. The Labute approximate surface area is 292 Å². The molecule has 0 aliphatic heterocycles. The molecule has 10 aromatic rings. The van der Waals surface area contributed by atoms with Crippen LogP contribution in [0.5, 0.6) is 0 Å². The van der Waals surface area contributed by atoms with Gasteiger partial charge in [-0.15, -0.1) is 0 Å². The van der Waals surface area contributed by atoms with Gasteiger partial charge in [0, 0.05) is 32.7 Å². The van der Waals surface area contributed by atoms with Gasteiger partial charge in [0.2, 0.25) is 5.95 Å². The van der Waals surface area contributed by atoms with E-state index in [1.165, 1.54) is 33.4 Å². The third-order valence-electron chi connectivity index (χ3n) is 11.2. The second kappa shape index (κ2) is 9.68. The Morgan fingerprint density at radius 1 is 0.471 bits per heavy atom. The van der Waals surface area contributed by atoms with Crippen molar-refractivity contribution in [2.45, 2.75) is 5.41 Å². The average molecular weight is 650 g/mol. The van der Waals surface area contributed by atoms with Gasteiger partial charge in [-0.05, 0) is 51.6 Å². The molecular formula is C47H27N3O. The Morgan fingerprint density at radius 3 is 1.82 bits per heavy atom. The summed E-state index contributed by atoms with van der Waals surface area (Å²) in [6.45, 7) is 0. The van der Waals surface area contributed by atoms with Crippen LogP contribution in [0.4, 0.5) is 0 Å². The highest BCUT2D eigenvalue weighted by Gasteiger charge is 2.55. The summed E-state index contributed by atoms with van der Waals surface area (Å²) in [5.74, 6) is 1.60. The van der Waals surface area contributed by atoms with Crippen LogP contribution in [0.2, 0.25) is 0 Å². The topological polar surface area (TPSA) is 43.9 Å². The van der Waals surface area contributed by atoms with Crippen molar-refractivity contribution in [3.63, 3.8) is 0 Å².